The predicted molar refractivity (Wildman–Crippen MR) is 99.4 cm³/mol. The maximum Gasteiger partial charge on any atom is 0.376 e. The Morgan fingerprint density at radius 2 is 1.77 bits per heavy atom. The number of nitrogens with zero attached hydrogens (tertiary/aromatic N) is 2. The van der Waals surface area contributed by atoms with Gasteiger partial charge in [0.15, 0.2) is 0 Å². The molecule has 0 radical (unpaired) electrons. The van der Waals surface area contributed by atoms with Crippen LogP contribution in [0.3, 0.4) is 0 Å². The molecule has 0 fully saturated rings. The Kier molecular flexibility index (Phi) is 6.08. The van der Waals surface area contributed by atoms with E-state index in [9.17, 15) is 9.59 Å². The molecule has 134 valence electrons. The standard InChI is InChI=1S/C18H15N3O4.ClH/c1-2-25-18(24)16-20-14-6-4-3-5-13(14)15(21-16)19-12-9-7-11(8-10-12)17(22)23;/h3-10H,2H2,1H3,(H,22,23)(H,19,20,21);1H. The second-order valence-electron chi connectivity index (χ2n) is 5.14. The Bertz CT molecular complexity index is 945. The summed E-state index contributed by atoms with van der Waals surface area (Å²) >= 11 is 0. The fraction of sp³-hybridized carbons (Fsp3) is 0.111. The van der Waals surface area contributed by atoms with Crippen molar-refractivity contribution in [3.05, 3.63) is 59.9 Å². The number of rotatable bonds is 5. The van der Waals surface area contributed by atoms with Crippen LogP contribution in [0.1, 0.15) is 27.9 Å². The summed E-state index contributed by atoms with van der Waals surface area (Å²) in [7, 11) is 0. The van der Waals surface area contributed by atoms with Gasteiger partial charge in [0.05, 0.1) is 17.7 Å². The van der Waals surface area contributed by atoms with E-state index in [2.05, 4.69) is 15.3 Å². The molecular formula is C18H16ClN3O4. The van der Waals surface area contributed by atoms with Gasteiger partial charge < -0.3 is 15.2 Å². The molecule has 8 heteroatoms. The number of nitrogens with one attached hydrogen (secondary N) is 1. The van der Waals surface area contributed by atoms with Crippen LogP contribution < -0.4 is 5.32 Å². The average Bonchev–Trinajstić information content (AvgIpc) is 2.62. The lowest BCUT2D eigenvalue weighted by Gasteiger charge is -2.10. The Balaban J connectivity index is 0.00000243. The number of carbonyl (C=O) groups is 2. The lowest BCUT2D eigenvalue weighted by molar-refractivity contribution is 0.0512. The van der Waals surface area contributed by atoms with E-state index in [4.69, 9.17) is 9.84 Å². The number of fused-ring (bicyclic) bond motifs is 1. The van der Waals surface area contributed by atoms with E-state index in [0.717, 1.165) is 5.39 Å². The largest absolute Gasteiger partial charge is 0.478 e. The smallest absolute Gasteiger partial charge is 0.376 e. The summed E-state index contributed by atoms with van der Waals surface area (Å²) in [6.45, 7) is 1.94. The third-order valence-corrected chi connectivity index (χ3v) is 3.46. The van der Waals surface area contributed by atoms with Gasteiger partial charge in [-0.1, -0.05) is 12.1 Å². The molecule has 3 rings (SSSR count). The van der Waals surface area contributed by atoms with E-state index in [1.165, 1.54) is 12.1 Å². The van der Waals surface area contributed by atoms with Crippen molar-refractivity contribution < 1.29 is 19.4 Å². The lowest BCUT2D eigenvalue weighted by Crippen LogP contribution is -2.11. The van der Waals surface area contributed by atoms with Crippen LogP contribution in [0, 0.1) is 0 Å². The number of benzene rings is 2. The lowest BCUT2D eigenvalue weighted by atomic mass is 10.2. The number of halogens is 1. The predicted octanol–water partition coefficient (Wildman–Crippen LogP) is 3.67. The van der Waals surface area contributed by atoms with E-state index in [-0.39, 0.29) is 30.4 Å². The first kappa shape index (κ1) is 19.1. The highest BCUT2D eigenvalue weighted by Crippen LogP contribution is 2.24. The average molecular weight is 374 g/mol. The normalized spacial score (nSPS) is 10.0. The monoisotopic (exact) mass is 373 g/mol. The summed E-state index contributed by atoms with van der Waals surface area (Å²) in [6, 6.07) is 13.5. The minimum atomic E-state index is -0.997. The van der Waals surface area contributed by atoms with Crippen LogP contribution in [0.15, 0.2) is 48.5 Å². The second-order valence-corrected chi connectivity index (χ2v) is 5.14. The summed E-state index contributed by atoms with van der Waals surface area (Å²) in [4.78, 5) is 31.4. The summed E-state index contributed by atoms with van der Waals surface area (Å²) < 4.78 is 4.97. The van der Waals surface area contributed by atoms with Crippen LogP contribution in [0.25, 0.3) is 10.9 Å². The third kappa shape index (κ3) is 4.07. The number of esters is 1. The van der Waals surface area contributed by atoms with Crippen molar-refractivity contribution in [2.45, 2.75) is 6.92 Å². The number of aromatic nitrogens is 2. The highest BCUT2D eigenvalue weighted by atomic mass is 35.5. The van der Waals surface area contributed by atoms with E-state index in [1.54, 1.807) is 25.1 Å². The van der Waals surface area contributed by atoms with Crippen molar-refractivity contribution in [2.75, 3.05) is 11.9 Å². The molecule has 0 aliphatic carbocycles. The number of carbonyl (C=O) groups excluding carboxylic acids is 1. The maximum absolute atomic E-state index is 12.0. The first-order valence-corrected chi connectivity index (χ1v) is 7.62. The molecule has 2 aromatic carbocycles. The van der Waals surface area contributed by atoms with Crippen molar-refractivity contribution in [1.29, 1.82) is 0 Å². The molecule has 0 unspecified atom stereocenters. The summed E-state index contributed by atoms with van der Waals surface area (Å²) in [5.41, 5.74) is 1.43. The minimum Gasteiger partial charge on any atom is -0.478 e. The molecule has 2 N–H and O–H groups in total. The fourth-order valence-electron chi connectivity index (χ4n) is 2.29. The molecule has 0 bridgehead atoms. The number of carboxylic acids is 1. The van der Waals surface area contributed by atoms with Gasteiger partial charge in [0.25, 0.3) is 0 Å². The summed E-state index contributed by atoms with van der Waals surface area (Å²) in [5.74, 6) is -1.19. The maximum atomic E-state index is 12.0. The van der Waals surface area contributed by atoms with Crippen LogP contribution in [-0.4, -0.2) is 33.6 Å². The van der Waals surface area contributed by atoms with Gasteiger partial charge in [0, 0.05) is 11.1 Å². The van der Waals surface area contributed by atoms with Crippen molar-refractivity contribution in [2.24, 2.45) is 0 Å². The van der Waals surface area contributed by atoms with Crippen molar-refractivity contribution in [1.82, 2.24) is 9.97 Å². The van der Waals surface area contributed by atoms with Crippen LogP contribution in [0.2, 0.25) is 0 Å². The summed E-state index contributed by atoms with van der Waals surface area (Å²) in [6.07, 6.45) is 0. The molecular weight excluding hydrogens is 358 g/mol. The first-order chi connectivity index (χ1) is 12.1. The fourth-order valence-corrected chi connectivity index (χ4v) is 2.29. The van der Waals surface area contributed by atoms with E-state index < -0.39 is 11.9 Å². The molecule has 1 aromatic heterocycles. The quantitative estimate of drug-likeness (QED) is 0.658. The Labute approximate surface area is 155 Å². The molecule has 7 nitrogen and oxygen atoms in total. The molecule has 0 saturated carbocycles. The molecule has 0 amide bonds. The van der Waals surface area contributed by atoms with E-state index in [1.807, 2.05) is 18.2 Å². The Morgan fingerprint density at radius 1 is 1.08 bits per heavy atom. The molecule has 0 saturated heterocycles. The topological polar surface area (TPSA) is 101 Å². The van der Waals surface area contributed by atoms with Crippen LogP contribution in [0.5, 0.6) is 0 Å². The number of carboxylic acid groups (broad SMARTS) is 1. The Hall–Kier alpha value is -3.19. The molecule has 3 aromatic rings. The molecule has 26 heavy (non-hydrogen) atoms. The van der Waals surface area contributed by atoms with Gasteiger partial charge in [0.1, 0.15) is 5.82 Å². The van der Waals surface area contributed by atoms with Crippen molar-refractivity contribution in [3.8, 4) is 0 Å². The van der Waals surface area contributed by atoms with Gasteiger partial charge >= 0.3 is 11.9 Å². The Morgan fingerprint density at radius 3 is 2.42 bits per heavy atom. The van der Waals surface area contributed by atoms with E-state index in [0.29, 0.717) is 17.0 Å². The minimum absolute atomic E-state index is 0. The second kappa shape index (κ2) is 8.26. The van der Waals surface area contributed by atoms with E-state index >= 15 is 0 Å². The zero-order valence-electron chi connectivity index (χ0n) is 13.8. The number of hydrogen-bond acceptors (Lipinski definition) is 6. The zero-order chi connectivity index (χ0) is 17.8. The van der Waals surface area contributed by atoms with Crippen molar-refractivity contribution >= 4 is 46.8 Å². The van der Waals surface area contributed by atoms with Gasteiger partial charge in [-0.25, -0.2) is 19.6 Å². The SMILES string of the molecule is CCOC(=O)c1nc(Nc2ccc(C(=O)O)cc2)c2ccccc2n1.Cl. The molecule has 0 spiro atoms. The van der Waals surface area contributed by atoms with Crippen molar-refractivity contribution in [3.63, 3.8) is 0 Å². The third-order valence-electron chi connectivity index (χ3n) is 3.46. The number of hydrogen-bond donors (Lipinski definition) is 2. The number of para-hydroxylation sites is 1. The van der Waals surface area contributed by atoms with Gasteiger partial charge in [-0.05, 0) is 43.3 Å². The van der Waals surface area contributed by atoms with Crippen LogP contribution in [0.4, 0.5) is 11.5 Å². The first-order valence-electron chi connectivity index (χ1n) is 7.62. The molecule has 1 heterocycles. The number of anilines is 2. The van der Waals surface area contributed by atoms with Gasteiger partial charge in [-0.3, -0.25) is 0 Å². The highest BCUT2D eigenvalue weighted by Gasteiger charge is 2.15. The number of ether oxygens (including phenoxy) is 1. The highest BCUT2D eigenvalue weighted by molar-refractivity contribution is 5.95. The molecule has 0 atom stereocenters. The molecule has 0 aliphatic heterocycles. The van der Waals surface area contributed by atoms with Crippen LogP contribution >= 0.6 is 12.4 Å². The zero-order valence-corrected chi connectivity index (χ0v) is 14.6. The van der Waals surface area contributed by atoms with Crippen LogP contribution in [-0.2, 0) is 4.74 Å². The van der Waals surface area contributed by atoms with Gasteiger partial charge in [-0.15, -0.1) is 12.4 Å². The molecule has 0 aliphatic rings. The van der Waals surface area contributed by atoms with Gasteiger partial charge in [0.2, 0.25) is 5.82 Å². The number of aromatic carboxylic acids is 1. The van der Waals surface area contributed by atoms with Gasteiger partial charge in [-0.2, -0.15) is 0 Å². The summed E-state index contributed by atoms with van der Waals surface area (Å²) in [5, 5.41) is 12.8.